The topological polar surface area (TPSA) is 62.4 Å². The highest BCUT2D eigenvalue weighted by Gasteiger charge is 2.36. The van der Waals surface area contributed by atoms with Crippen LogP contribution >= 0.6 is 0 Å². The Hall–Kier alpha value is -2.70. The van der Waals surface area contributed by atoms with Crippen molar-refractivity contribution >= 4 is 5.91 Å². The number of halogens is 2. The number of likely N-dealkylation sites (tertiary alicyclic amines) is 1. The van der Waals surface area contributed by atoms with Crippen LogP contribution in [0.5, 0.6) is 5.75 Å². The van der Waals surface area contributed by atoms with Crippen molar-refractivity contribution in [1.82, 2.24) is 9.88 Å². The summed E-state index contributed by atoms with van der Waals surface area (Å²) < 4.78 is 32.6. The van der Waals surface area contributed by atoms with Crippen LogP contribution in [-0.2, 0) is 5.41 Å². The average molecular weight is 404 g/mol. The van der Waals surface area contributed by atoms with E-state index in [2.05, 4.69) is 4.98 Å². The van der Waals surface area contributed by atoms with E-state index in [1.807, 2.05) is 20.8 Å². The SMILES string of the molecule is COc1cc(C(=O)N2CCC(F)(F)CC2)c(-c2ccc[nH]c2=O)cc1C(C)(C)C. The van der Waals surface area contributed by atoms with Gasteiger partial charge in [0, 0.05) is 48.8 Å². The summed E-state index contributed by atoms with van der Waals surface area (Å²) in [4.78, 5) is 29.8. The van der Waals surface area contributed by atoms with Crippen LogP contribution in [-0.4, -0.2) is 41.9 Å². The summed E-state index contributed by atoms with van der Waals surface area (Å²) in [5.41, 5.74) is 1.33. The van der Waals surface area contributed by atoms with Crippen LogP contribution in [0.3, 0.4) is 0 Å². The first-order chi connectivity index (χ1) is 13.5. The van der Waals surface area contributed by atoms with Crippen molar-refractivity contribution in [1.29, 1.82) is 0 Å². The second-order valence-electron chi connectivity index (χ2n) is 8.41. The smallest absolute Gasteiger partial charge is 0.255 e. The third kappa shape index (κ3) is 4.33. The molecule has 1 aliphatic rings. The predicted octanol–water partition coefficient (Wildman–Crippen LogP) is 4.22. The number of ether oxygens (including phenoxy) is 1. The summed E-state index contributed by atoms with van der Waals surface area (Å²) >= 11 is 0. The molecule has 3 rings (SSSR count). The van der Waals surface area contributed by atoms with Crippen molar-refractivity contribution in [2.45, 2.75) is 45.0 Å². The first kappa shape index (κ1) is 21.0. The zero-order valence-electron chi connectivity index (χ0n) is 17.1. The average Bonchev–Trinajstić information content (AvgIpc) is 2.66. The summed E-state index contributed by atoms with van der Waals surface area (Å²) in [5, 5.41) is 0. The number of alkyl halides is 2. The Kier molecular flexibility index (Phi) is 5.52. The minimum absolute atomic E-state index is 0.0280. The Bertz CT molecular complexity index is 967. The van der Waals surface area contributed by atoms with Gasteiger partial charge in [0.25, 0.3) is 17.4 Å². The number of nitrogens with one attached hydrogen (secondary N) is 1. The molecule has 1 fully saturated rings. The molecular formula is C22H26F2N2O3. The molecule has 1 aliphatic heterocycles. The largest absolute Gasteiger partial charge is 0.496 e. The lowest BCUT2D eigenvalue weighted by Gasteiger charge is -2.32. The number of rotatable bonds is 3. The van der Waals surface area contributed by atoms with Gasteiger partial charge in [0.2, 0.25) is 0 Å². The maximum atomic E-state index is 13.5. The van der Waals surface area contributed by atoms with Crippen LogP contribution in [0.15, 0.2) is 35.3 Å². The first-order valence-corrected chi connectivity index (χ1v) is 9.61. The lowest BCUT2D eigenvalue weighted by molar-refractivity contribution is -0.0494. The van der Waals surface area contributed by atoms with Gasteiger partial charge in [-0.3, -0.25) is 9.59 Å². The molecule has 0 bridgehead atoms. The first-order valence-electron chi connectivity index (χ1n) is 9.61. The van der Waals surface area contributed by atoms with Crippen molar-refractivity contribution in [3.63, 3.8) is 0 Å². The number of aromatic amines is 1. The normalized spacial score (nSPS) is 16.6. The maximum Gasteiger partial charge on any atom is 0.255 e. The van der Waals surface area contributed by atoms with Crippen LogP contribution in [0.25, 0.3) is 11.1 Å². The number of benzene rings is 1. The molecule has 0 radical (unpaired) electrons. The molecule has 1 aromatic carbocycles. The number of amides is 1. The number of carbonyl (C=O) groups is 1. The standard InChI is InChI=1S/C22H26F2N2O3/c1-21(2,3)17-12-15(14-6-5-9-25-19(14)27)16(13-18(17)29-4)20(28)26-10-7-22(23,24)8-11-26/h5-6,9,12-13H,7-8,10-11H2,1-4H3,(H,25,27). The predicted molar refractivity (Wildman–Crippen MR) is 108 cm³/mol. The Morgan fingerprint density at radius 2 is 1.83 bits per heavy atom. The molecule has 2 aromatic rings. The Balaban J connectivity index is 2.16. The highest BCUT2D eigenvalue weighted by Crippen LogP contribution is 2.38. The zero-order valence-corrected chi connectivity index (χ0v) is 17.1. The Morgan fingerprint density at radius 3 is 2.38 bits per heavy atom. The number of hydrogen-bond donors (Lipinski definition) is 1. The second-order valence-corrected chi connectivity index (χ2v) is 8.41. The molecule has 0 aliphatic carbocycles. The number of nitrogens with zero attached hydrogens (tertiary/aromatic N) is 1. The Morgan fingerprint density at radius 1 is 1.17 bits per heavy atom. The van der Waals surface area contributed by atoms with Gasteiger partial charge in [-0.25, -0.2) is 8.78 Å². The van der Waals surface area contributed by atoms with E-state index in [9.17, 15) is 18.4 Å². The molecule has 2 heterocycles. The summed E-state index contributed by atoms with van der Waals surface area (Å²) in [6.45, 7) is 5.98. The highest BCUT2D eigenvalue weighted by molar-refractivity contribution is 6.01. The third-order valence-electron chi connectivity index (χ3n) is 5.27. The van der Waals surface area contributed by atoms with E-state index < -0.39 is 5.92 Å². The third-order valence-corrected chi connectivity index (χ3v) is 5.27. The molecule has 1 N–H and O–H groups in total. The van der Waals surface area contributed by atoms with Crippen LogP contribution in [0.2, 0.25) is 0 Å². The minimum Gasteiger partial charge on any atom is -0.496 e. The van der Waals surface area contributed by atoms with E-state index in [4.69, 9.17) is 4.74 Å². The number of methoxy groups -OCH3 is 1. The van der Waals surface area contributed by atoms with Crippen molar-refractivity contribution < 1.29 is 18.3 Å². The number of H-pyrrole nitrogens is 1. The van der Waals surface area contributed by atoms with Crippen LogP contribution < -0.4 is 10.3 Å². The summed E-state index contributed by atoms with van der Waals surface area (Å²) in [7, 11) is 1.52. The molecule has 0 saturated carbocycles. The zero-order chi connectivity index (χ0) is 21.4. The summed E-state index contributed by atoms with van der Waals surface area (Å²) in [6.07, 6.45) is 0.794. The van der Waals surface area contributed by atoms with Gasteiger partial charge in [-0.2, -0.15) is 0 Å². The van der Waals surface area contributed by atoms with Crippen LogP contribution in [0, 0.1) is 0 Å². The number of carbonyl (C=O) groups excluding carboxylic acids is 1. The lowest BCUT2D eigenvalue weighted by atomic mass is 9.83. The number of aromatic nitrogens is 1. The van der Waals surface area contributed by atoms with E-state index in [-0.39, 0.29) is 48.4 Å². The molecule has 0 spiro atoms. The fourth-order valence-electron chi connectivity index (χ4n) is 3.58. The van der Waals surface area contributed by atoms with Crippen molar-refractivity contribution in [3.8, 4) is 16.9 Å². The lowest BCUT2D eigenvalue weighted by Crippen LogP contribution is -2.43. The molecule has 7 heteroatoms. The molecule has 5 nitrogen and oxygen atoms in total. The van der Waals surface area contributed by atoms with Gasteiger partial charge >= 0.3 is 0 Å². The molecule has 0 atom stereocenters. The van der Waals surface area contributed by atoms with Gasteiger partial charge in [-0.15, -0.1) is 0 Å². The maximum absolute atomic E-state index is 13.5. The number of piperidine rings is 1. The quantitative estimate of drug-likeness (QED) is 0.833. The Labute approximate surface area is 168 Å². The number of hydrogen-bond acceptors (Lipinski definition) is 3. The molecule has 156 valence electrons. The fourth-order valence-corrected chi connectivity index (χ4v) is 3.58. The van der Waals surface area contributed by atoms with Crippen LogP contribution in [0.4, 0.5) is 8.78 Å². The van der Waals surface area contributed by atoms with E-state index in [1.165, 1.54) is 18.2 Å². The summed E-state index contributed by atoms with van der Waals surface area (Å²) in [5.74, 6) is -2.60. The van der Waals surface area contributed by atoms with Gasteiger partial charge in [-0.05, 0) is 29.7 Å². The monoisotopic (exact) mass is 404 g/mol. The molecule has 29 heavy (non-hydrogen) atoms. The molecule has 1 aromatic heterocycles. The van der Waals surface area contributed by atoms with E-state index in [0.29, 0.717) is 16.9 Å². The van der Waals surface area contributed by atoms with Gasteiger partial charge in [0.05, 0.1) is 12.7 Å². The second kappa shape index (κ2) is 7.61. The van der Waals surface area contributed by atoms with Gasteiger partial charge in [-0.1, -0.05) is 20.8 Å². The van der Waals surface area contributed by atoms with Gasteiger partial charge in [0.1, 0.15) is 5.75 Å². The van der Waals surface area contributed by atoms with E-state index in [1.54, 1.807) is 24.3 Å². The number of pyridine rings is 1. The minimum atomic E-state index is -2.75. The van der Waals surface area contributed by atoms with E-state index in [0.717, 1.165) is 5.56 Å². The van der Waals surface area contributed by atoms with Crippen molar-refractivity contribution in [2.24, 2.45) is 0 Å². The summed E-state index contributed by atoms with van der Waals surface area (Å²) in [6, 6.07) is 6.76. The molecule has 1 saturated heterocycles. The van der Waals surface area contributed by atoms with Crippen LogP contribution in [0.1, 0.15) is 49.5 Å². The van der Waals surface area contributed by atoms with Gasteiger partial charge < -0.3 is 14.6 Å². The molecule has 1 amide bonds. The molecular weight excluding hydrogens is 378 g/mol. The van der Waals surface area contributed by atoms with E-state index >= 15 is 0 Å². The van der Waals surface area contributed by atoms with Gasteiger partial charge in [0.15, 0.2) is 0 Å². The highest BCUT2D eigenvalue weighted by atomic mass is 19.3. The fraction of sp³-hybridized carbons (Fsp3) is 0.455. The van der Waals surface area contributed by atoms with Crippen molar-refractivity contribution in [3.05, 3.63) is 51.9 Å². The molecule has 0 unspecified atom stereocenters. The van der Waals surface area contributed by atoms with Crippen molar-refractivity contribution in [2.75, 3.05) is 20.2 Å².